The molecule has 7 heteroatoms. The van der Waals surface area contributed by atoms with Crippen molar-refractivity contribution in [2.75, 3.05) is 4.90 Å². The molecule has 28 heavy (non-hydrogen) atoms. The average Bonchev–Trinajstić information content (AvgIpc) is 3.11. The van der Waals surface area contributed by atoms with Gasteiger partial charge in [-0.05, 0) is 17.2 Å². The number of para-hydroxylation sites is 1. The molecule has 2 aromatic rings. The van der Waals surface area contributed by atoms with Crippen molar-refractivity contribution in [1.29, 1.82) is 10.5 Å². The van der Waals surface area contributed by atoms with E-state index in [1.54, 1.807) is 24.3 Å². The van der Waals surface area contributed by atoms with Crippen LogP contribution in [0.15, 0.2) is 54.6 Å². The van der Waals surface area contributed by atoms with Crippen molar-refractivity contribution in [1.82, 2.24) is 5.32 Å². The molecule has 2 fully saturated rings. The maximum absolute atomic E-state index is 13.7. The highest BCUT2D eigenvalue weighted by Crippen LogP contribution is 2.83. The minimum Gasteiger partial charge on any atom is -0.307 e. The van der Waals surface area contributed by atoms with Gasteiger partial charge >= 0.3 is 0 Å². The smallest absolute Gasteiger partial charge is 0.250 e. The quantitative estimate of drug-likeness (QED) is 0.799. The van der Waals surface area contributed by atoms with Gasteiger partial charge in [0.15, 0.2) is 10.8 Å². The molecule has 0 radical (unpaired) electrons. The molecule has 2 atom stereocenters. The Kier molecular flexibility index (Phi) is 2.81. The van der Waals surface area contributed by atoms with Crippen molar-refractivity contribution in [2.24, 2.45) is 10.8 Å². The molecule has 2 aliphatic heterocycles. The van der Waals surface area contributed by atoms with Crippen LogP contribution in [0.2, 0.25) is 0 Å². The molecule has 7 nitrogen and oxygen atoms in total. The summed E-state index contributed by atoms with van der Waals surface area (Å²) in [7, 11) is 0. The molecule has 2 aromatic carbocycles. The van der Waals surface area contributed by atoms with Gasteiger partial charge in [0.2, 0.25) is 5.91 Å². The molecule has 5 rings (SSSR count). The summed E-state index contributed by atoms with van der Waals surface area (Å²) in [5.41, 5.74) is -4.18. The van der Waals surface area contributed by atoms with E-state index in [9.17, 15) is 24.9 Å². The predicted molar refractivity (Wildman–Crippen MR) is 95.0 cm³/mol. The van der Waals surface area contributed by atoms with Crippen molar-refractivity contribution < 1.29 is 14.4 Å². The minimum absolute atomic E-state index is 0.206. The van der Waals surface area contributed by atoms with E-state index in [1.807, 2.05) is 42.5 Å². The van der Waals surface area contributed by atoms with Crippen LogP contribution < -0.4 is 10.2 Å². The van der Waals surface area contributed by atoms with E-state index in [4.69, 9.17) is 0 Å². The van der Waals surface area contributed by atoms with Crippen LogP contribution in [0, 0.1) is 33.5 Å². The van der Waals surface area contributed by atoms with Crippen molar-refractivity contribution >= 4 is 23.4 Å². The Bertz CT molecular complexity index is 1140. The van der Waals surface area contributed by atoms with Crippen molar-refractivity contribution in [2.45, 2.75) is 12.0 Å². The maximum Gasteiger partial charge on any atom is 0.250 e. The first-order chi connectivity index (χ1) is 13.5. The van der Waals surface area contributed by atoms with E-state index >= 15 is 0 Å². The summed E-state index contributed by atoms with van der Waals surface area (Å²) < 4.78 is 0. The highest BCUT2D eigenvalue weighted by molar-refractivity contribution is 6.31. The van der Waals surface area contributed by atoms with Crippen LogP contribution in [-0.4, -0.2) is 17.7 Å². The lowest BCUT2D eigenvalue weighted by molar-refractivity contribution is -0.134. The molecule has 0 bridgehead atoms. The van der Waals surface area contributed by atoms with Crippen LogP contribution in [0.25, 0.3) is 0 Å². The lowest BCUT2D eigenvalue weighted by Gasteiger charge is -2.20. The Morgan fingerprint density at radius 3 is 2.04 bits per heavy atom. The zero-order valence-electron chi connectivity index (χ0n) is 14.5. The van der Waals surface area contributed by atoms with Crippen molar-refractivity contribution in [3.05, 3.63) is 65.7 Å². The fourth-order valence-corrected chi connectivity index (χ4v) is 5.07. The van der Waals surface area contributed by atoms with Gasteiger partial charge in [-0.1, -0.05) is 48.5 Å². The second-order valence-electron chi connectivity index (χ2n) is 7.15. The van der Waals surface area contributed by atoms with E-state index < -0.39 is 34.0 Å². The number of piperidine rings is 1. The molecule has 2 heterocycles. The minimum atomic E-state index is -2.05. The highest BCUT2D eigenvalue weighted by atomic mass is 16.2. The van der Waals surface area contributed by atoms with Gasteiger partial charge < -0.3 is 4.90 Å². The molecule has 0 aromatic heterocycles. The van der Waals surface area contributed by atoms with Crippen LogP contribution in [0.4, 0.5) is 5.69 Å². The number of fused-ring (bicyclic) bond motifs is 5. The molecule has 134 valence electrons. The first kappa shape index (κ1) is 16.2. The predicted octanol–water partition coefficient (Wildman–Crippen LogP) is 1.16. The monoisotopic (exact) mass is 368 g/mol. The number of anilines is 1. The van der Waals surface area contributed by atoms with Crippen LogP contribution in [-0.2, 0) is 26.3 Å². The summed E-state index contributed by atoms with van der Waals surface area (Å²) >= 11 is 0. The second-order valence-corrected chi connectivity index (χ2v) is 7.15. The van der Waals surface area contributed by atoms with Gasteiger partial charge in [0, 0.05) is 5.69 Å². The number of hydrogen-bond donors (Lipinski definition) is 1. The standard InChI is InChI=1S/C21H12N4O3/c22-11-19-16(26)24-17(27)20(19,12-23)21(19)14-8-4-5-9-15(14)25(18(21)28)10-13-6-2-1-3-7-13/h1-9H,10H2,(H,24,26,27)/t19-,20-/m1/s1. The number of rotatable bonds is 2. The average molecular weight is 368 g/mol. The van der Waals surface area contributed by atoms with E-state index in [2.05, 4.69) is 5.32 Å². The topological polar surface area (TPSA) is 114 Å². The summed E-state index contributed by atoms with van der Waals surface area (Å²) in [6.45, 7) is 0.206. The third-order valence-electron chi connectivity index (χ3n) is 6.22. The molecule has 3 amide bonds. The Morgan fingerprint density at radius 2 is 1.43 bits per heavy atom. The number of nitrogens with zero attached hydrogens (tertiary/aromatic N) is 3. The molecular weight excluding hydrogens is 356 g/mol. The number of amides is 3. The molecular formula is C21H12N4O3. The largest absolute Gasteiger partial charge is 0.307 e. The van der Waals surface area contributed by atoms with Crippen LogP contribution in [0.5, 0.6) is 0 Å². The van der Waals surface area contributed by atoms with E-state index in [-0.39, 0.29) is 6.54 Å². The second kappa shape index (κ2) is 4.85. The van der Waals surface area contributed by atoms with Gasteiger partial charge in [-0.15, -0.1) is 0 Å². The first-order valence-electron chi connectivity index (χ1n) is 8.66. The van der Waals surface area contributed by atoms with E-state index in [0.29, 0.717) is 11.3 Å². The fourth-order valence-electron chi connectivity index (χ4n) is 5.07. The summed E-state index contributed by atoms with van der Waals surface area (Å²) in [6, 6.07) is 19.7. The number of benzene rings is 2. The molecule has 1 N–H and O–H groups in total. The van der Waals surface area contributed by atoms with Crippen LogP contribution in [0.3, 0.4) is 0 Å². The van der Waals surface area contributed by atoms with Gasteiger partial charge in [-0.25, -0.2) is 0 Å². The Hall–Kier alpha value is -3.97. The lowest BCUT2D eigenvalue weighted by Crippen LogP contribution is -2.45. The van der Waals surface area contributed by atoms with Crippen LogP contribution in [0.1, 0.15) is 11.1 Å². The van der Waals surface area contributed by atoms with Crippen molar-refractivity contribution in [3.8, 4) is 12.1 Å². The molecule has 3 aliphatic rings. The zero-order chi connectivity index (χ0) is 19.7. The SMILES string of the molecule is N#C[C@@]12C(=O)NC(=O)[C@@]1(C#N)C21C(=O)N(Cc2ccccc2)c2ccccc21. The van der Waals surface area contributed by atoms with Gasteiger partial charge in [-0.3, -0.25) is 19.7 Å². The Morgan fingerprint density at radius 1 is 0.857 bits per heavy atom. The van der Waals surface area contributed by atoms with Crippen molar-refractivity contribution in [3.63, 3.8) is 0 Å². The Balaban J connectivity index is 1.76. The normalized spacial score (nSPS) is 31.8. The Labute approximate surface area is 159 Å². The molecule has 0 unspecified atom stereocenters. The number of carbonyl (C=O) groups is 3. The number of nitriles is 2. The number of hydrogen-bond acceptors (Lipinski definition) is 5. The number of carbonyl (C=O) groups excluding carboxylic acids is 3. The molecule has 1 aliphatic carbocycles. The van der Waals surface area contributed by atoms with Crippen LogP contribution >= 0.6 is 0 Å². The summed E-state index contributed by atoms with van der Waals surface area (Å²) in [5.74, 6) is -2.33. The van der Waals surface area contributed by atoms with E-state index in [1.165, 1.54) is 4.90 Å². The van der Waals surface area contributed by atoms with Gasteiger partial charge in [0.05, 0.1) is 18.7 Å². The van der Waals surface area contributed by atoms with E-state index in [0.717, 1.165) is 5.56 Å². The third-order valence-corrected chi connectivity index (χ3v) is 6.22. The molecule has 1 saturated carbocycles. The summed E-state index contributed by atoms with van der Waals surface area (Å²) in [5, 5.41) is 21.9. The highest BCUT2D eigenvalue weighted by Gasteiger charge is 3.04. The molecule has 1 spiro atoms. The summed E-state index contributed by atoms with van der Waals surface area (Å²) in [6.07, 6.45) is 0. The third kappa shape index (κ3) is 1.32. The number of imide groups is 1. The lowest BCUT2D eigenvalue weighted by atomic mass is 9.84. The zero-order valence-corrected chi connectivity index (χ0v) is 14.5. The van der Waals surface area contributed by atoms with Gasteiger partial charge in [-0.2, -0.15) is 10.5 Å². The molecule has 1 saturated heterocycles. The maximum atomic E-state index is 13.7. The summed E-state index contributed by atoms with van der Waals surface area (Å²) in [4.78, 5) is 40.4. The fraction of sp³-hybridized carbons (Fsp3) is 0.190. The first-order valence-corrected chi connectivity index (χ1v) is 8.66. The number of nitrogens with one attached hydrogen (secondary N) is 1. The van der Waals surface area contributed by atoms with Gasteiger partial charge in [0.25, 0.3) is 11.8 Å². The van der Waals surface area contributed by atoms with Gasteiger partial charge in [0.1, 0.15) is 5.41 Å².